The van der Waals surface area contributed by atoms with Crippen molar-refractivity contribution < 1.29 is 32.6 Å². The van der Waals surface area contributed by atoms with Crippen molar-refractivity contribution in [3.8, 4) is 5.75 Å². The molecule has 2 aliphatic rings. The number of carbonyl (C=O) groups excluding carboxylic acids is 2. The Morgan fingerprint density at radius 1 is 1.08 bits per heavy atom. The summed E-state index contributed by atoms with van der Waals surface area (Å²) in [6.45, 7) is 1.10. The fourth-order valence-electron chi connectivity index (χ4n) is 5.02. The van der Waals surface area contributed by atoms with Gasteiger partial charge in [0.1, 0.15) is 10.6 Å². The van der Waals surface area contributed by atoms with Crippen LogP contribution in [0, 0.1) is 0 Å². The van der Waals surface area contributed by atoms with Gasteiger partial charge in [0.25, 0.3) is 0 Å². The molecule has 0 fully saturated rings. The summed E-state index contributed by atoms with van der Waals surface area (Å²) in [5.74, 6) is 0.291. The number of carbonyl (C=O) groups is 3. The molecule has 0 radical (unpaired) electrons. The van der Waals surface area contributed by atoms with Crippen molar-refractivity contribution in [2.45, 2.75) is 49.8 Å². The van der Waals surface area contributed by atoms with Gasteiger partial charge < -0.3 is 19.6 Å². The number of sulfonamides is 1. The van der Waals surface area contributed by atoms with Crippen LogP contribution in [0.3, 0.4) is 0 Å². The number of unbranched alkanes of at least 4 members (excludes halogenated alkanes) is 1. The number of carboxylic acid groups (broad SMARTS) is 1. The SMILES string of the molecule is COc1ccc(CCN(CCCCC(=O)c2cc3c4c(c2)CCN4C(=O)CC3)C(=O)O)cc1S(N)(=O)=O. The molecule has 0 saturated heterocycles. The van der Waals surface area contributed by atoms with E-state index >= 15 is 0 Å². The predicted octanol–water partition coefficient (Wildman–Crippen LogP) is 2.75. The van der Waals surface area contributed by atoms with Crippen molar-refractivity contribution in [3.05, 3.63) is 52.6 Å². The molecule has 0 unspecified atom stereocenters. The number of hydrogen-bond donors (Lipinski definition) is 2. The third-order valence-corrected chi connectivity index (χ3v) is 7.86. The van der Waals surface area contributed by atoms with E-state index in [0.717, 1.165) is 23.2 Å². The first kappa shape index (κ1) is 26.6. The molecule has 11 heteroatoms. The van der Waals surface area contributed by atoms with E-state index in [2.05, 4.69) is 0 Å². The number of ketones is 1. The van der Waals surface area contributed by atoms with Gasteiger partial charge in [0, 0.05) is 38.0 Å². The molecule has 2 heterocycles. The van der Waals surface area contributed by atoms with Crippen LogP contribution < -0.4 is 14.8 Å². The highest BCUT2D eigenvalue weighted by Crippen LogP contribution is 2.37. The summed E-state index contributed by atoms with van der Waals surface area (Å²) in [7, 11) is -2.64. The highest BCUT2D eigenvalue weighted by atomic mass is 32.2. The number of ether oxygens (including phenoxy) is 1. The molecule has 2 aliphatic heterocycles. The van der Waals surface area contributed by atoms with Gasteiger partial charge in [-0.2, -0.15) is 0 Å². The Labute approximate surface area is 216 Å². The number of nitrogens with two attached hydrogens (primary N) is 1. The van der Waals surface area contributed by atoms with Crippen molar-refractivity contribution >= 4 is 33.5 Å². The van der Waals surface area contributed by atoms with Crippen molar-refractivity contribution in [2.75, 3.05) is 31.6 Å². The zero-order chi connectivity index (χ0) is 26.7. The fourth-order valence-corrected chi connectivity index (χ4v) is 5.76. The molecule has 0 aliphatic carbocycles. The van der Waals surface area contributed by atoms with E-state index in [0.29, 0.717) is 56.2 Å². The number of aryl methyl sites for hydroxylation is 1. The molecule has 4 rings (SSSR count). The van der Waals surface area contributed by atoms with Crippen molar-refractivity contribution in [3.63, 3.8) is 0 Å². The van der Waals surface area contributed by atoms with Crippen LogP contribution in [0.15, 0.2) is 35.2 Å². The number of methoxy groups -OCH3 is 1. The smallest absolute Gasteiger partial charge is 0.407 e. The standard InChI is InChI=1S/C26H31N3O7S/c1-36-22-7-5-17(14-23(22)37(27,34)35)9-12-28(26(32)33)11-3-2-4-21(30)20-15-18-6-8-24(31)29-13-10-19(16-20)25(18)29/h5,7,14-16H,2-4,6,8-13H2,1H3,(H,32,33)(H2,27,34,35). The van der Waals surface area contributed by atoms with Gasteiger partial charge >= 0.3 is 6.09 Å². The molecular formula is C26H31N3O7S. The lowest BCUT2D eigenvalue weighted by molar-refractivity contribution is -0.118. The van der Waals surface area contributed by atoms with Crippen LogP contribution in [0.25, 0.3) is 0 Å². The number of nitrogens with zero attached hydrogens (tertiary/aromatic N) is 2. The minimum absolute atomic E-state index is 0.0185. The molecule has 0 saturated carbocycles. The van der Waals surface area contributed by atoms with E-state index in [1.807, 2.05) is 17.0 Å². The molecule has 3 N–H and O–H groups in total. The Morgan fingerprint density at radius 2 is 1.81 bits per heavy atom. The molecular weight excluding hydrogens is 498 g/mol. The van der Waals surface area contributed by atoms with Crippen LogP contribution in [0.1, 0.15) is 52.7 Å². The summed E-state index contributed by atoms with van der Waals surface area (Å²) >= 11 is 0. The number of benzene rings is 2. The maximum atomic E-state index is 12.9. The summed E-state index contributed by atoms with van der Waals surface area (Å²) < 4.78 is 28.7. The molecule has 0 atom stereocenters. The van der Waals surface area contributed by atoms with E-state index in [1.54, 1.807) is 6.07 Å². The van der Waals surface area contributed by atoms with Crippen LogP contribution in [-0.4, -0.2) is 63.0 Å². The number of hydrogen-bond acceptors (Lipinski definition) is 6. The van der Waals surface area contributed by atoms with Crippen molar-refractivity contribution in [1.29, 1.82) is 0 Å². The lowest BCUT2D eigenvalue weighted by Crippen LogP contribution is -2.33. The van der Waals surface area contributed by atoms with Gasteiger partial charge in [0.2, 0.25) is 15.9 Å². The van der Waals surface area contributed by atoms with Crippen LogP contribution in [0.5, 0.6) is 5.75 Å². The van der Waals surface area contributed by atoms with Gasteiger partial charge in [-0.25, -0.2) is 18.4 Å². The lowest BCUT2D eigenvalue weighted by atomic mass is 9.94. The maximum absolute atomic E-state index is 12.9. The van der Waals surface area contributed by atoms with Crippen molar-refractivity contribution in [2.24, 2.45) is 5.14 Å². The summed E-state index contributed by atoms with van der Waals surface area (Å²) in [4.78, 5) is 39.6. The average Bonchev–Trinajstić information content (AvgIpc) is 3.30. The lowest BCUT2D eigenvalue weighted by Gasteiger charge is -2.25. The fraction of sp³-hybridized carbons (Fsp3) is 0.423. The topological polar surface area (TPSA) is 147 Å². The monoisotopic (exact) mass is 529 g/mol. The van der Waals surface area contributed by atoms with Gasteiger partial charge in [-0.1, -0.05) is 6.07 Å². The number of primary sulfonamides is 1. The van der Waals surface area contributed by atoms with E-state index < -0.39 is 16.1 Å². The molecule has 37 heavy (non-hydrogen) atoms. The first-order valence-corrected chi connectivity index (χ1v) is 13.8. The van der Waals surface area contributed by atoms with Gasteiger partial charge in [-0.15, -0.1) is 0 Å². The zero-order valence-electron chi connectivity index (χ0n) is 20.7. The average molecular weight is 530 g/mol. The maximum Gasteiger partial charge on any atom is 0.407 e. The van der Waals surface area contributed by atoms with E-state index in [4.69, 9.17) is 9.88 Å². The quantitative estimate of drug-likeness (QED) is 0.336. The van der Waals surface area contributed by atoms with Gasteiger partial charge in [0.05, 0.1) is 12.8 Å². The van der Waals surface area contributed by atoms with Crippen LogP contribution >= 0.6 is 0 Å². The Morgan fingerprint density at radius 3 is 2.49 bits per heavy atom. The molecule has 0 aromatic heterocycles. The van der Waals surface area contributed by atoms with Gasteiger partial charge in [0.15, 0.2) is 5.78 Å². The van der Waals surface area contributed by atoms with Gasteiger partial charge in [-0.05, 0) is 73.1 Å². The number of Topliss-reactive ketones (excluding diaryl/α,β-unsaturated/α-hetero) is 1. The van der Waals surface area contributed by atoms with Crippen molar-refractivity contribution in [1.82, 2.24) is 4.90 Å². The molecule has 2 aromatic rings. The summed E-state index contributed by atoms with van der Waals surface area (Å²) in [6, 6.07) is 8.36. The number of amides is 2. The normalized spacial score (nSPS) is 14.4. The highest BCUT2D eigenvalue weighted by Gasteiger charge is 2.32. The second kappa shape index (κ2) is 10.9. The molecule has 0 bridgehead atoms. The van der Waals surface area contributed by atoms with E-state index in [9.17, 15) is 27.9 Å². The van der Waals surface area contributed by atoms with E-state index in [-0.39, 0.29) is 35.4 Å². The Bertz CT molecular complexity index is 1340. The van der Waals surface area contributed by atoms with E-state index in [1.165, 1.54) is 24.1 Å². The zero-order valence-corrected chi connectivity index (χ0v) is 21.6. The predicted molar refractivity (Wildman–Crippen MR) is 137 cm³/mol. The third-order valence-electron chi connectivity index (χ3n) is 6.93. The number of rotatable bonds is 11. The minimum atomic E-state index is -3.99. The summed E-state index contributed by atoms with van der Waals surface area (Å²) in [5.41, 5.74) is 4.37. The Hall–Kier alpha value is -3.44. The minimum Gasteiger partial charge on any atom is -0.495 e. The first-order valence-electron chi connectivity index (χ1n) is 12.3. The second-order valence-electron chi connectivity index (χ2n) is 9.37. The van der Waals surface area contributed by atoms with Gasteiger partial charge in [-0.3, -0.25) is 9.59 Å². The summed E-state index contributed by atoms with van der Waals surface area (Å²) in [5, 5.41) is 14.8. The third kappa shape index (κ3) is 5.94. The number of anilines is 1. The molecule has 198 valence electrons. The Kier molecular flexibility index (Phi) is 7.84. The van der Waals surface area contributed by atoms with Crippen LogP contribution in [0.4, 0.5) is 10.5 Å². The van der Waals surface area contributed by atoms with Crippen LogP contribution in [0.2, 0.25) is 0 Å². The molecule has 10 nitrogen and oxygen atoms in total. The molecule has 2 amide bonds. The molecule has 2 aromatic carbocycles. The summed E-state index contributed by atoms with van der Waals surface area (Å²) in [6.07, 6.45) is 2.47. The highest BCUT2D eigenvalue weighted by molar-refractivity contribution is 7.89. The first-order chi connectivity index (χ1) is 17.6. The van der Waals surface area contributed by atoms with Crippen LogP contribution in [-0.2, 0) is 34.1 Å². The molecule has 0 spiro atoms. The second-order valence-corrected chi connectivity index (χ2v) is 10.9. The Balaban J connectivity index is 1.30. The largest absolute Gasteiger partial charge is 0.495 e.